The molecule has 0 saturated heterocycles. The molecule has 0 heterocycles. The first kappa shape index (κ1) is 20.0. The summed E-state index contributed by atoms with van der Waals surface area (Å²) in [6.45, 7) is 8.28. The van der Waals surface area contributed by atoms with Gasteiger partial charge in [0.2, 0.25) is 0 Å². The highest BCUT2D eigenvalue weighted by Gasteiger charge is 2.59. The number of hydrogen-bond acceptors (Lipinski definition) is 3. The Morgan fingerprint density at radius 3 is 2.57 bits per heavy atom. The summed E-state index contributed by atoms with van der Waals surface area (Å²) in [6.07, 6.45) is 11.3. The van der Waals surface area contributed by atoms with Crippen molar-refractivity contribution in [1.82, 2.24) is 0 Å². The van der Waals surface area contributed by atoms with Gasteiger partial charge in [-0.15, -0.1) is 0 Å². The lowest BCUT2D eigenvalue weighted by atomic mass is 9.47. The van der Waals surface area contributed by atoms with Crippen LogP contribution >= 0.6 is 0 Å². The first-order chi connectivity index (χ1) is 13.2. The Morgan fingerprint density at radius 1 is 1.14 bits per heavy atom. The van der Waals surface area contributed by atoms with E-state index in [1.807, 2.05) is 6.92 Å². The quantitative estimate of drug-likeness (QED) is 0.532. The fourth-order valence-corrected chi connectivity index (χ4v) is 8.00. The molecule has 1 N–H and O–H groups in total. The minimum atomic E-state index is -0.629. The highest BCUT2D eigenvalue weighted by atomic mass is 16.5. The molecule has 0 amide bonds. The number of fused-ring (bicyclic) bond motifs is 5. The zero-order valence-electron chi connectivity index (χ0n) is 17.9. The summed E-state index contributed by atoms with van der Waals surface area (Å²) in [6, 6.07) is 0. The summed E-state index contributed by atoms with van der Waals surface area (Å²) in [7, 11) is 0. The number of carboxylic acid groups (broad SMARTS) is 1. The summed E-state index contributed by atoms with van der Waals surface area (Å²) in [5, 5.41) is 9.62. The van der Waals surface area contributed by atoms with E-state index >= 15 is 0 Å². The molecular formula is C24H36O4. The van der Waals surface area contributed by atoms with Crippen LogP contribution in [0.15, 0.2) is 11.6 Å². The maximum Gasteiger partial charge on any atom is 0.306 e. The minimum absolute atomic E-state index is 0.0505. The van der Waals surface area contributed by atoms with Crippen LogP contribution in [0.25, 0.3) is 0 Å². The van der Waals surface area contributed by atoms with E-state index in [1.54, 1.807) is 0 Å². The van der Waals surface area contributed by atoms with Crippen molar-refractivity contribution >= 4 is 11.9 Å². The van der Waals surface area contributed by atoms with Crippen LogP contribution in [0.2, 0.25) is 0 Å². The Balaban J connectivity index is 1.57. The van der Waals surface area contributed by atoms with E-state index in [2.05, 4.69) is 19.9 Å². The smallest absolute Gasteiger partial charge is 0.306 e. The molecule has 0 radical (unpaired) electrons. The molecule has 0 bridgehead atoms. The average Bonchev–Trinajstić information content (AvgIpc) is 2.98. The van der Waals surface area contributed by atoms with E-state index in [0.717, 1.165) is 38.5 Å². The monoisotopic (exact) mass is 388 g/mol. The second-order valence-corrected chi connectivity index (χ2v) is 10.6. The molecule has 0 aromatic heterocycles. The minimum Gasteiger partial charge on any atom is -0.481 e. The zero-order chi connectivity index (χ0) is 20.3. The molecule has 4 aliphatic rings. The standard InChI is InChI=1S/C24H36O4/c1-14(22(26)27)19-7-8-20-18-6-5-16-13-17(28-15(2)25)9-11-23(16,3)21(18)10-12-24(19,20)4/h5,14,17-21H,6-13H2,1-4H3,(H,26,27)/t14-,17+,18-,19+,20-,21-,23-,24+/m0/s1. The van der Waals surface area contributed by atoms with Crippen molar-refractivity contribution in [3.8, 4) is 0 Å². The first-order valence-corrected chi connectivity index (χ1v) is 11.3. The largest absolute Gasteiger partial charge is 0.481 e. The number of carbonyl (C=O) groups is 2. The van der Waals surface area contributed by atoms with Gasteiger partial charge in [0.25, 0.3) is 0 Å². The van der Waals surface area contributed by atoms with Gasteiger partial charge in [0.05, 0.1) is 5.92 Å². The average molecular weight is 389 g/mol. The third-order valence-corrected chi connectivity index (χ3v) is 9.46. The molecule has 156 valence electrons. The van der Waals surface area contributed by atoms with Crippen LogP contribution < -0.4 is 0 Å². The van der Waals surface area contributed by atoms with Crippen molar-refractivity contribution in [1.29, 1.82) is 0 Å². The molecule has 0 aliphatic heterocycles. The summed E-state index contributed by atoms with van der Waals surface area (Å²) < 4.78 is 5.53. The number of carbonyl (C=O) groups excluding carboxylic acids is 1. The normalized spacial score (nSPS) is 45.9. The van der Waals surface area contributed by atoms with Crippen LogP contribution in [0.5, 0.6) is 0 Å². The highest BCUT2D eigenvalue weighted by molar-refractivity contribution is 5.70. The Morgan fingerprint density at radius 2 is 1.89 bits per heavy atom. The van der Waals surface area contributed by atoms with Gasteiger partial charge in [-0.05, 0) is 79.4 Å². The molecular weight excluding hydrogens is 352 g/mol. The molecule has 3 fully saturated rings. The first-order valence-electron chi connectivity index (χ1n) is 11.3. The van der Waals surface area contributed by atoms with Crippen molar-refractivity contribution in [3.05, 3.63) is 11.6 Å². The van der Waals surface area contributed by atoms with Crippen LogP contribution in [-0.2, 0) is 14.3 Å². The highest BCUT2D eigenvalue weighted by Crippen LogP contribution is 2.67. The molecule has 4 nitrogen and oxygen atoms in total. The second kappa shape index (κ2) is 6.88. The van der Waals surface area contributed by atoms with Crippen LogP contribution in [0.1, 0.15) is 79.1 Å². The fourth-order valence-electron chi connectivity index (χ4n) is 8.00. The summed E-state index contributed by atoms with van der Waals surface area (Å²) >= 11 is 0. The Hall–Kier alpha value is -1.32. The van der Waals surface area contributed by atoms with E-state index in [4.69, 9.17) is 4.74 Å². The van der Waals surface area contributed by atoms with Gasteiger partial charge in [0.15, 0.2) is 0 Å². The number of ether oxygens (including phenoxy) is 1. The van der Waals surface area contributed by atoms with E-state index in [9.17, 15) is 14.7 Å². The molecule has 28 heavy (non-hydrogen) atoms. The topological polar surface area (TPSA) is 63.6 Å². The molecule has 4 heteroatoms. The predicted octanol–water partition coefficient (Wildman–Crippen LogP) is 5.22. The number of hydrogen-bond donors (Lipinski definition) is 1. The van der Waals surface area contributed by atoms with Gasteiger partial charge in [-0.1, -0.05) is 32.4 Å². The molecule has 4 rings (SSSR count). The van der Waals surface area contributed by atoms with Gasteiger partial charge in [-0.2, -0.15) is 0 Å². The maximum atomic E-state index is 11.7. The lowest BCUT2D eigenvalue weighted by Crippen LogP contribution is -2.51. The number of aliphatic carboxylic acids is 1. The van der Waals surface area contributed by atoms with E-state index in [0.29, 0.717) is 23.7 Å². The van der Waals surface area contributed by atoms with Crippen LogP contribution in [0.3, 0.4) is 0 Å². The summed E-state index contributed by atoms with van der Waals surface area (Å²) in [5.74, 6) is 1.31. The SMILES string of the molecule is CC(=O)O[C@@H]1CC[C@@]2(C)C(=CC[C@H]3[C@@H]4CC[C@H]([C@H](C)C(=O)O)[C@@]4(C)CC[C@@H]32)C1. The van der Waals surface area contributed by atoms with Crippen molar-refractivity contribution in [2.24, 2.45) is 40.4 Å². The molecule has 0 aromatic rings. The van der Waals surface area contributed by atoms with Crippen LogP contribution in [0.4, 0.5) is 0 Å². The van der Waals surface area contributed by atoms with Gasteiger partial charge < -0.3 is 9.84 Å². The molecule has 0 aromatic carbocycles. The Kier molecular flexibility index (Phi) is 4.91. The van der Waals surface area contributed by atoms with Crippen molar-refractivity contribution in [2.75, 3.05) is 0 Å². The van der Waals surface area contributed by atoms with Crippen LogP contribution in [0, 0.1) is 40.4 Å². The third-order valence-electron chi connectivity index (χ3n) is 9.46. The lowest BCUT2D eigenvalue weighted by molar-refractivity contribution is -0.148. The summed E-state index contributed by atoms with van der Waals surface area (Å²) in [4.78, 5) is 23.1. The Labute approximate surface area is 169 Å². The second-order valence-electron chi connectivity index (χ2n) is 10.6. The predicted molar refractivity (Wildman–Crippen MR) is 108 cm³/mol. The molecule has 4 aliphatic carbocycles. The van der Waals surface area contributed by atoms with Gasteiger partial charge >= 0.3 is 11.9 Å². The number of rotatable bonds is 3. The molecule has 0 unspecified atom stereocenters. The lowest BCUT2D eigenvalue weighted by Gasteiger charge is -2.58. The van der Waals surface area contributed by atoms with Crippen molar-refractivity contribution < 1.29 is 19.4 Å². The van der Waals surface area contributed by atoms with Crippen molar-refractivity contribution in [3.63, 3.8) is 0 Å². The van der Waals surface area contributed by atoms with Gasteiger partial charge in [0.1, 0.15) is 6.10 Å². The van der Waals surface area contributed by atoms with E-state index in [-0.39, 0.29) is 28.8 Å². The van der Waals surface area contributed by atoms with Gasteiger partial charge in [-0.25, -0.2) is 0 Å². The fraction of sp³-hybridized carbons (Fsp3) is 0.833. The maximum absolute atomic E-state index is 11.7. The zero-order valence-corrected chi connectivity index (χ0v) is 17.9. The molecule has 8 atom stereocenters. The van der Waals surface area contributed by atoms with Crippen LogP contribution in [-0.4, -0.2) is 23.1 Å². The molecule has 0 spiro atoms. The number of allylic oxidation sites excluding steroid dienone is 1. The van der Waals surface area contributed by atoms with Gasteiger partial charge in [-0.3, -0.25) is 9.59 Å². The summed E-state index contributed by atoms with van der Waals surface area (Å²) in [5.41, 5.74) is 1.93. The Bertz CT molecular complexity index is 697. The number of carboxylic acids is 1. The third kappa shape index (κ3) is 2.93. The van der Waals surface area contributed by atoms with Gasteiger partial charge in [0, 0.05) is 13.3 Å². The van der Waals surface area contributed by atoms with E-state index in [1.165, 1.54) is 25.3 Å². The molecule has 3 saturated carbocycles. The van der Waals surface area contributed by atoms with E-state index < -0.39 is 5.97 Å². The number of esters is 1. The van der Waals surface area contributed by atoms with Crippen molar-refractivity contribution in [2.45, 2.75) is 85.2 Å².